The van der Waals surface area contributed by atoms with Crippen molar-refractivity contribution in [2.24, 2.45) is 0 Å². The molecule has 2 aromatic carbocycles. The molecule has 0 heterocycles. The van der Waals surface area contributed by atoms with Gasteiger partial charge in [-0.25, -0.2) is 13.1 Å². The normalized spacial score (nSPS) is 11.1. The monoisotopic (exact) mass is 470 g/mol. The zero-order valence-corrected chi connectivity index (χ0v) is 18.3. The number of amides is 1. The number of carbonyl (C=O) groups is 1. The van der Waals surface area contributed by atoms with Gasteiger partial charge in [0.15, 0.2) is 11.5 Å². The van der Waals surface area contributed by atoms with Crippen LogP contribution in [0.5, 0.6) is 11.5 Å². The average Bonchev–Trinajstić information content (AvgIpc) is 2.68. The molecule has 1 amide bonds. The van der Waals surface area contributed by atoms with Crippen molar-refractivity contribution < 1.29 is 22.7 Å². The second kappa shape index (κ2) is 9.90. The number of benzene rings is 2. The van der Waals surface area contributed by atoms with Crippen molar-refractivity contribution in [3.8, 4) is 11.5 Å². The van der Waals surface area contributed by atoms with Crippen LogP contribution in [0, 0.1) is 0 Å². The van der Waals surface area contributed by atoms with Crippen LogP contribution < -0.4 is 19.5 Å². The van der Waals surface area contributed by atoms with Gasteiger partial charge in [-0.2, -0.15) is 0 Å². The van der Waals surface area contributed by atoms with Crippen LogP contribution in [0.15, 0.2) is 45.8 Å². The summed E-state index contributed by atoms with van der Waals surface area (Å²) in [5, 5.41) is 2.83. The maximum Gasteiger partial charge on any atom is 0.251 e. The predicted molar refractivity (Wildman–Crippen MR) is 111 cm³/mol. The van der Waals surface area contributed by atoms with E-state index in [1.807, 2.05) is 12.1 Å². The van der Waals surface area contributed by atoms with Crippen molar-refractivity contribution >= 4 is 31.9 Å². The quantitative estimate of drug-likeness (QED) is 0.587. The fourth-order valence-electron chi connectivity index (χ4n) is 2.56. The van der Waals surface area contributed by atoms with E-state index >= 15 is 0 Å². The van der Waals surface area contributed by atoms with Crippen molar-refractivity contribution in [2.45, 2.75) is 18.2 Å². The van der Waals surface area contributed by atoms with E-state index in [-0.39, 0.29) is 10.8 Å². The number of hydrogen-bond donors (Lipinski definition) is 2. The Labute approximate surface area is 173 Å². The van der Waals surface area contributed by atoms with E-state index < -0.39 is 10.0 Å². The van der Waals surface area contributed by atoms with Gasteiger partial charge < -0.3 is 14.8 Å². The molecular weight excluding hydrogens is 448 g/mol. The second-order valence-electron chi connectivity index (χ2n) is 5.83. The summed E-state index contributed by atoms with van der Waals surface area (Å²) in [5.74, 6) is 0.961. The Morgan fingerprint density at radius 1 is 1.07 bits per heavy atom. The molecule has 0 aliphatic rings. The van der Waals surface area contributed by atoms with Crippen LogP contribution in [0.2, 0.25) is 0 Å². The molecule has 0 atom stereocenters. The molecule has 2 rings (SSSR count). The number of methoxy groups -OCH3 is 2. The molecule has 0 radical (unpaired) electrons. The van der Waals surface area contributed by atoms with Crippen LogP contribution in [0.1, 0.15) is 22.8 Å². The van der Waals surface area contributed by atoms with Crippen LogP contribution >= 0.6 is 15.9 Å². The lowest BCUT2D eigenvalue weighted by Gasteiger charge is -2.12. The van der Waals surface area contributed by atoms with Crippen LogP contribution in [0.25, 0.3) is 0 Å². The van der Waals surface area contributed by atoms with E-state index in [0.717, 1.165) is 10.0 Å². The van der Waals surface area contributed by atoms with Gasteiger partial charge in [-0.1, -0.05) is 22.9 Å². The van der Waals surface area contributed by atoms with Crippen LogP contribution in [-0.4, -0.2) is 41.6 Å². The third-order valence-electron chi connectivity index (χ3n) is 3.99. The van der Waals surface area contributed by atoms with E-state index in [9.17, 15) is 13.2 Å². The van der Waals surface area contributed by atoms with E-state index in [1.54, 1.807) is 21.1 Å². The van der Waals surface area contributed by atoms with Crippen molar-refractivity contribution in [1.82, 2.24) is 10.0 Å². The number of halogens is 1. The lowest BCUT2D eigenvalue weighted by Crippen LogP contribution is -2.26. The van der Waals surface area contributed by atoms with E-state index in [4.69, 9.17) is 9.47 Å². The van der Waals surface area contributed by atoms with Crippen molar-refractivity contribution in [3.05, 3.63) is 52.0 Å². The highest BCUT2D eigenvalue weighted by Gasteiger charge is 2.14. The summed E-state index contributed by atoms with van der Waals surface area (Å²) < 4.78 is 37.7. The molecule has 7 nitrogen and oxygen atoms in total. The summed E-state index contributed by atoms with van der Waals surface area (Å²) in [4.78, 5) is 12.4. The highest BCUT2D eigenvalue weighted by Crippen LogP contribution is 2.33. The second-order valence-corrected chi connectivity index (χ2v) is 8.45. The molecule has 0 bridgehead atoms. The van der Waals surface area contributed by atoms with Gasteiger partial charge in [-0.05, 0) is 48.4 Å². The van der Waals surface area contributed by atoms with Gasteiger partial charge in [0, 0.05) is 23.1 Å². The Bertz CT molecular complexity index is 930. The highest BCUT2D eigenvalue weighted by molar-refractivity contribution is 9.10. The van der Waals surface area contributed by atoms with Gasteiger partial charge in [0.2, 0.25) is 10.0 Å². The molecule has 0 saturated carbocycles. The van der Waals surface area contributed by atoms with Gasteiger partial charge in [-0.15, -0.1) is 0 Å². The topological polar surface area (TPSA) is 93.7 Å². The number of carbonyl (C=O) groups excluding carboxylic acids is 1. The van der Waals surface area contributed by atoms with Crippen LogP contribution in [0.3, 0.4) is 0 Å². The molecule has 152 valence electrons. The highest BCUT2D eigenvalue weighted by atomic mass is 79.9. The molecule has 0 aliphatic heterocycles. The summed E-state index contributed by atoms with van der Waals surface area (Å²) in [6.07, 6.45) is 0.583. The van der Waals surface area contributed by atoms with Gasteiger partial charge >= 0.3 is 0 Å². The number of nitrogens with one attached hydrogen (secondary N) is 2. The van der Waals surface area contributed by atoms with Gasteiger partial charge in [-0.3, -0.25) is 4.79 Å². The smallest absolute Gasteiger partial charge is 0.251 e. The summed E-state index contributed by atoms with van der Waals surface area (Å²) in [7, 11) is -0.397. The maximum absolute atomic E-state index is 12.3. The third-order valence-corrected chi connectivity index (χ3v) is 6.29. The molecule has 0 aliphatic carbocycles. The lowest BCUT2D eigenvalue weighted by molar-refractivity contribution is 0.0954. The Hall–Kier alpha value is -2.10. The lowest BCUT2D eigenvalue weighted by atomic mass is 10.1. The number of hydrogen-bond acceptors (Lipinski definition) is 5. The summed E-state index contributed by atoms with van der Waals surface area (Å²) in [6, 6.07) is 9.49. The Balaban J connectivity index is 1.99. The number of rotatable bonds is 9. The summed E-state index contributed by atoms with van der Waals surface area (Å²) in [5.41, 5.74) is 1.35. The van der Waals surface area contributed by atoms with Crippen LogP contribution in [-0.2, 0) is 16.4 Å². The summed E-state index contributed by atoms with van der Waals surface area (Å²) >= 11 is 3.49. The minimum absolute atomic E-state index is 0.125. The Morgan fingerprint density at radius 2 is 1.68 bits per heavy atom. The first-order valence-corrected chi connectivity index (χ1v) is 10.9. The van der Waals surface area contributed by atoms with Gasteiger partial charge in [0.1, 0.15) is 0 Å². The molecule has 9 heteroatoms. The minimum Gasteiger partial charge on any atom is -0.493 e. The van der Waals surface area contributed by atoms with Crippen molar-refractivity contribution in [1.29, 1.82) is 0 Å². The SMILES string of the molecule is CCNS(=O)(=O)c1ccc(C(=O)NCCc2cc(OC)c(OC)cc2Br)cc1. The molecule has 0 unspecified atom stereocenters. The molecule has 0 saturated heterocycles. The van der Waals surface area contributed by atoms with Gasteiger partial charge in [0.25, 0.3) is 5.91 Å². The zero-order chi connectivity index (χ0) is 20.7. The fourth-order valence-corrected chi connectivity index (χ4v) is 4.12. The Morgan fingerprint density at radius 3 is 2.25 bits per heavy atom. The van der Waals surface area contributed by atoms with E-state index in [1.165, 1.54) is 24.3 Å². The van der Waals surface area contributed by atoms with Crippen LogP contribution in [0.4, 0.5) is 0 Å². The Kier molecular flexibility index (Phi) is 7.85. The first-order chi connectivity index (χ1) is 13.3. The standard InChI is InChI=1S/C19H23BrN2O5S/c1-4-22-28(24,25)15-7-5-13(6-8-15)19(23)21-10-9-14-11-17(26-2)18(27-3)12-16(14)20/h5-8,11-12,22H,4,9-10H2,1-3H3,(H,21,23). The van der Waals surface area contributed by atoms with E-state index in [0.29, 0.717) is 36.6 Å². The average molecular weight is 471 g/mol. The summed E-state index contributed by atoms with van der Waals surface area (Å²) in [6.45, 7) is 2.41. The minimum atomic E-state index is -3.53. The third kappa shape index (κ3) is 5.46. The van der Waals surface area contributed by atoms with Crippen molar-refractivity contribution in [2.75, 3.05) is 27.3 Å². The van der Waals surface area contributed by atoms with E-state index in [2.05, 4.69) is 26.0 Å². The molecule has 0 spiro atoms. The molecule has 28 heavy (non-hydrogen) atoms. The molecular formula is C19H23BrN2O5S. The maximum atomic E-state index is 12.3. The predicted octanol–water partition coefficient (Wildman–Crippen LogP) is 2.74. The van der Waals surface area contributed by atoms with Crippen molar-refractivity contribution in [3.63, 3.8) is 0 Å². The fraction of sp³-hybridized carbons (Fsp3) is 0.316. The molecule has 0 fully saturated rings. The molecule has 2 aromatic rings. The first-order valence-electron chi connectivity index (χ1n) is 8.60. The molecule has 2 N–H and O–H groups in total. The largest absolute Gasteiger partial charge is 0.493 e. The number of ether oxygens (including phenoxy) is 2. The first kappa shape index (κ1) is 22.2. The van der Waals surface area contributed by atoms with Gasteiger partial charge in [0.05, 0.1) is 19.1 Å². The zero-order valence-electron chi connectivity index (χ0n) is 15.9. The molecule has 0 aromatic heterocycles. The number of sulfonamides is 1.